The number of halogens is 2. The first-order valence-corrected chi connectivity index (χ1v) is 8.15. The first-order chi connectivity index (χ1) is 10.6. The van der Waals surface area contributed by atoms with Gasteiger partial charge in [0.05, 0.1) is 5.69 Å². The van der Waals surface area contributed by atoms with Crippen molar-refractivity contribution >= 4 is 45.8 Å². The van der Waals surface area contributed by atoms with E-state index in [4.69, 9.17) is 4.74 Å². The Morgan fingerprint density at radius 1 is 1.48 bits per heavy atom. The third-order valence-electron chi connectivity index (χ3n) is 3.83. The maximum atomic E-state index is 12.2. The smallest absolute Gasteiger partial charge is 0.265 e. The molecule has 3 rings (SSSR count). The molecule has 2 N–H and O–H groups in total. The van der Waals surface area contributed by atoms with Crippen molar-refractivity contribution in [2.24, 2.45) is 0 Å². The van der Waals surface area contributed by atoms with Gasteiger partial charge in [-0.1, -0.05) is 15.9 Å². The molecule has 23 heavy (non-hydrogen) atoms. The fourth-order valence-corrected chi connectivity index (χ4v) is 3.08. The average molecular weight is 405 g/mol. The lowest BCUT2D eigenvalue weighted by molar-refractivity contribution is -0.125. The number of hydrogen-bond donors (Lipinski definition) is 2. The van der Waals surface area contributed by atoms with Crippen LogP contribution in [0.15, 0.2) is 22.7 Å². The Bertz CT molecular complexity index is 593. The lowest BCUT2D eigenvalue weighted by atomic mass is 10.1. The summed E-state index contributed by atoms with van der Waals surface area (Å²) in [7, 11) is 0. The first kappa shape index (κ1) is 18.0. The number of carbonyl (C=O) groups excluding carboxylic acids is 2. The molecule has 1 aromatic rings. The Balaban J connectivity index is 0.00000192. The molecule has 1 fully saturated rings. The summed E-state index contributed by atoms with van der Waals surface area (Å²) in [5, 5.41) is 6.24. The Hall–Kier alpha value is -1.31. The molecule has 1 atom stereocenters. The molecule has 2 heterocycles. The number of hydrogen-bond acceptors (Lipinski definition) is 4. The van der Waals surface area contributed by atoms with Gasteiger partial charge in [0, 0.05) is 17.1 Å². The highest BCUT2D eigenvalue weighted by Gasteiger charge is 2.28. The van der Waals surface area contributed by atoms with E-state index < -0.39 is 0 Å². The summed E-state index contributed by atoms with van der Waals surface area (Å²) >= 11 is 3.37. The number of nitrogens with zero attached hydrogens (tertiary/aromatic N) is 1. The van der Waals surface area contributed by atoms with E-state index >= 15 is 0 Å². The zero-order valence-electron chi connectivity index (χ0n) is 12.5. The van der Waals surface area contributed by atoms with Crippen LogP contribution in [0.5, 0.6) is 5.75 Å². The summed E-state index contributed by atoms with van der Waals surface area (Å²) in [5.74, 6) is 0.269. The Kier molecular flexibility index (Phi) is 6.26. The molecule has 1 saturated heterocycles. The number of rotatable bonds is 3. The zero-order chi connectivity index (χ0) is 15.5. The molecule has 8 heteroatoms. The van der Waals surface area contributed by atoms with Crippen LogP contribution < -0.4 is 20.3 Å². The number of nitrogens with one attached hydrogen (secondary N) is 2. The van der Waals surface area contributed by atoms with E-state index in [1.807, 2.05) is 6.07 Å². The summed E-state index contributed by atoms with van der Waals surface area (Å²) < 4.78 is 6.29. The van der Waals surface area contributed by atoms with Crippen molar-refractivity contribution < 1.29 is 14.3 Å². The summed E-state index contributed by atoms with van der Waals surface area (Å²) in [4.78, 5) is 25.8. The van der Waals surface area contributed by atoms with Gasteiger partial charge in [-0.2, -0.15) is 0 Å². The maximum absolute atomic E-state index is 12.2. The zero-order valence-corrected chi connectivity index (χ0v) is 14.9. The summed E-state index contributed by atoms with van der Waals surface area (Å²) in [6.45, 7) is 1.76. The number of fused-ring (bicyclic) bond motifs is 1. The molecule has 126 valence electrons. The largest absolute Gasteiger partial charge is 0.482 e. The van der Waals surface area contributed by atoms with Crippen LogP contribution in [0.2, 0.25) is 0 Å². The molecule has 2 amide bonds. The van der Waals surface area contributed by atoms with Crippen molar-refractivity contribution in [2.75, 3.05) is 31.1 Å². The number of ether oxygens (including phenoxy) is 1. The second-order valence-electron chi connectivity index (χ2n) is 5.49. The molecule has 0 aromatic heterocycles. The highest BCUT2D eigenvalue weighted by molar-refractivity contribution is 9.10. The van der Waals surface area contributed by atoms with Crippen LogP contribution in [0.25, 0.3) is 0 Å². The van der Waals surface area contributed by atoms with Gasteiger partial charge >= 0.3 is 0 Å². The SMILES string of the molecule is Cl.O=C(CN1C(=O)COc2cc(Br)ccc21)N[C@H]1CCCNC1. The van der Waals surface area contributed by atoms with E-state index in [-0.39, 0.29) is 43.4 Å². The Morgan fingerprint density at radius 2 is 2.30 bits per heavy atom. The normalized spacial score (nSPS) is 20.1. The topological polar surface area (TPSA) is 70.7 Å². The highest BCUT2D eigenvalue weighted by atomic mass is 79.9. The monoisotopic (exact) mass is 403 g/mol. The minimum atomic E-state index is -0.202. The van der Waals surface area contributed by atoms with E-state index in [1.54, 1.807) is 12.1 Å². The summed E-state index contributed by atoms with van der Waals surface area (Å²) in [6.07, 6.45) is 2.03. The number of benzene rings is 1. The molecule has 0 radical (unpaired) electrons. The molecule has 0 saturated carbocycles. The fourth-order valence-electron chi connectivity index (χ4n) is 2.74. The summed E-state index contributed by atoms with van der Waals surface area (Å²) in [5.41, 5.74) is 0.636. The van der Waals surface area contributed by atoms with Crippen molar-refractivity contribution in [3.63, 3.8) is 0 Å². The minimum Gasteiger partial charge on any atom is -0.482 e. The van der Waals surface area contributed by atoms with Crippen LogP contribution in [-0.2, 0) is 9.59 Å². The van der Waals surface area contributed by atoms with Gasteiger partial charge in [-0.05, 0) is 37.6 Å². The average Bonchev–Trinajstić information content (AvgIpc) is 2.51. The van der Waals surface area contributed by atoms with Gasteiger partial charge in [-0.15, -0.1) is 12.4 Å². The number of carbonyl (C=O) groups is 2. The van der Waals surface area contributed by atoms with Crippen LogP contribution in [0.3, 0.4) is 0 Å². The molecule has 1 aromatic carbocycles. The van der Waals surface area contributed by atoms with E-state index in [1.165, 1.54) is 4.90 Å². The van der Waals surface area contributed by atoms with E-state index in [2.05, 4.69) is 26.6 Å². The molecule has 2 aliphatic heterocycles. The summed E-state index contributed by atoms with van der Waals surface area (Å²) in [6, 6.07) is 5.56. The first-order valence-electron chi connectivity index (χ1n) is 7.36. The van der Waals surface area contributed by atoms with Gasteiger partial charge in [0.25, 0.3) is 5.91 Å². The van der Waals surface area contributed by atoms with Crippen LogP contribution >= 0.6 is 28.3 Å². The van der Waals surface area contributed by atoms with Crippen molar-refractivity contribution in [2.45, 2.75) is 18.9 Å². The van der Waals surface area contributed by atoms with E-state index in [9.17, 15) is 9.59 Å². The molecule has 2 aliphatic rings. The predicted octanol–water partition coefficient (Wildman–Crippen LogP) is 1.46. The standard InChI is InChI=1S/C15H18BrN3O3.ClH/c16-10-3-4-12-13(6-10)22-9-15(21)19(12)8-14(20)18-11-2-1-5-17-7-11;/h3-4,6,11,17H,1-2,5,7-9H2,(H,18,20);1H/t11-;/m0./s1. The van der Waals surface area contributed by atoms with Gasteiger partial charge in [0.15, 0.2) is 6.61 Å². The molecular weight excluding hydrogens is 386 g/mol. The van der Waals surface area contributed by atoms with Crippen molar-refractivity contribution in [3.05, 3.63) is 22.7 Å². The Labute approximate surface area is 149 Å². The van der Waals surface area contributed by atoms with Crippen LogP contribution in [0, 0.1) is 0 Å². The van der Waals surface area contributed by atoms with E-state index in [0.29, 0.717) is 11.4 Å². The molecule has 6 nitrogen and oxygen atoms in total. The highest BCUT2D eigenvalue weighted by Crippen LogP contribution is 2.34. The van der Waals surface area contributed by atoms with Crippen LogP contribution in [0.1, 0.15) is 12.8 Å². The minimum absolute atomic E-state index is 0. The second-order valence-corrected chi connectivity index (χ2v) is 6.41. The molecule has 0 unspecified atom stereocenters. The third-order valence-corrected chi connectivity index (χ3v) is 4.32. The molecule has 0 bridgehead atoms. The number of piperidine rings is 1. The number of anilines is 1. The van der Waals surface area contributed by atoms with Crippen molar-refractivity contribution in [3.8, 4) is 5.75 Å². The van der Waals surface area contributed by atoms with Crippen LogP contribution in [-0.4, -0.2) is 44.1 Å². The van der Waals surface area contributed by atoms with E-state index in [0.717, 1.165) is 30.4 Å². The van der Waals surface area contributed by atoms with Crippen LogP contribution in [0.4, 0.5) is 5.69 Å². The van der Waals surface area contributed by atoms with Gasteiger partial charge in [-0.3, -0.25) is 14.5 Å². The lowest BCUT2D eigenvalue weighted by Gasteiger charge is -2.30. The van der Waals surface area contributed by atoms with Gasteiger partial charge in [0.2, 0.25) is 5.91 Å². The molecule has 0 aliphatic carbocycles. The second kappa shape index (κ2) is 7.99. The number of amides is 2. The lowest BCUT2D eigenvalue weighted by Crippen LogP contribution is -2.50. The van der Waals surface area contributed by atoms with Gasteiger partial charge < -0.3 is 15.4 Å². The van der Waals surface area contributed by atoms with Gasteiger partial charge in [0.1, 0.15) is 12.3 Å². The molecule has 0 spiro atoms. The van der Waals surface area contributed by atoms with Gasteiger partial charge in [-0.25, -0.2) is 0 Å². The molecular formula is C15H19BrClN3O3. The fraction of sp³-hybridized carbons (Fsp3) is 0.467. The Morgan fingerprint density at radius 3 is 3.04 bits per heavy atom. The predicted molar refractivity (Wildman–Crippen MR) is 93.3 cm³/mol. The van der Waals surface area contributed by atoms with Crippen molar-refractivity contribution in [1.82, 2.24) is 10.6 Å². The maximum Gasteiger partial charge on any atom is 0.265 e. The van der Waals surface area contributed by atoms with Crippen molar-refractivity contribution in [1.29, 1.82) is 0 Å². The third kappa shape index (κ3) is 4.37. The quantitative estimate of drug-likeness (QED) is 0.800.